The fourth-order valence-electron chi connectivity index (χ4n) is 2.04. The third-order valence-corrected chi connectivity index (χ3v) is 6.50. The normalized spacial score (nSPS) is 14.1. The van der Waals surface area contributed by atoms with Gasteiger partial charge in [-0.05, 0) is 13.3 Å². The molecule has 0 bridgehead atoms. The second-order valence-electron chi connectivity index (χ2n) is 4.63. The smallest absolute Gasteiger partial charge is 0.262 e. The Labute approximate surface area is 133 Å². The van der Waals surface area contributed by atoms with Gasteiger partial charge in [-0.3, -0.25) is 4.40 Å². The standard InChI is InChI=1S/C12H18ClN3O3S2/c1-4-9(2)16(5-7-19-3)21(17,18)11-10(13)14-12-15(11)6-8-20-12/h6,8-9H,4-5,7H2,1-3H3. The summed E-state index contributed by atoms with van der Waals surface area (Å²) in [6.07, 6.45) is 2.36. The van der Waals surface area contributed by atoms with Crippen LogP contribution in [0, 0.1) is 0 Å². The van der Waals surface area contributed by atoms with Crippen molar-refractivity contribution < 1.29 is 13.2 Å². The van der Waals surface area contributed by atoms with Crippen LogP contribution in [0.15, 0.2) is 16.6 Å². The summed E-state index contributed by atoms with van der Waals surface area (Å²) in [7, 11) is -2.19. The molecule has 0 spiro atoms. The Bertz CT molecular complexity index is 710. The molecule has 6 nitrogen and oxygen atoms in total. The maximum atomic E-state index is 13.0. The molecule has 0 aliphatic rings. The lowest BCUT2D eigenvalue weighted by atomic mass is 10.3. The van der Waals surface area contributed by atoms with Crippen LogP contribution in [-0.2, 0) is 14.8 Å². The van der Waals surface area contributed by atoms with Crippen LogP contribution in [-0.4, -0.2) is 48.4 Å². The molecule has 0 saturated carbocycles. The number of halogens is 1. The second-order valence-corrected chi connectivity index (χ2v) is 7.67. The number of fused-ring (bicyclic) bond motifs is 1. The zero-order valence-corrected chi connectivity index (χ0v) is 14.5. The summed E-state index contributed by atoms with van der Waals surface area (Å²) < 4.78 is 33.9. The summed E-state index contributed by atoms with van der Waals surface area (Å²) in [5.41, 5.74) is 0. The van der Waals surface area contributed by atoms with Crippen molar-refractivity contribution in [1.82, 2.24) is 13.7 Å². The quantitative estimate of drug-likeness (QED) is 0.768. The summed E-state index contributed by atoms with van der Waals surface area (Å²) in [5, 5.41) is 1.81. The highest BCUT2D eigenvalue weighted by atomic mass is 35.5. The molecule has 0 amide bonds. The Morgan fingerprint density at radius 2 is 2.29 bits per heavy atom. The maximum absolute atomic E-state index is 13.0. The van der Waals surface area contributed by atoms with E-state index in [1.807, 2.05) is 13.8 Å². The highest BCUT2D eigenvalue weighted by molar-refractivity contribution is 7.89. The number of thiazole rings is 1. The van der Waals surface area contributed by atoms with Crippen LogP contribution < -0.4 is 0 Å². The minimum atomic E-state index is -3.74. The van der Waals surface area contributed by atoms with Crippen molar-refractivity contribution in [3.8, 4) is 0 Å². The van der Waals surface area contributed by atoms with Crippen LogP contribution in [0.25, 0.3) is 4.96 Å². The van der Waals surface area contributed by atoms with Gasteiger partial charge in [0.05, 0.1) is 6.61 Å². The van der Waals surface area contributed by atoms with E-state index < -0.39 is 10.0 Å². The van der Waals surface area contributed by atoms with Crippen molar-refractivity contribution in [2.75, 3.05) is 20.3 Å². The van der Waals surface area contributed by atoms with E-state index in [-0.39, 0.29) is 22.8 Å². The fourth-order valence-corrected chi connectivity index (χ4v) is 5.14. The Morgan fingerprint density at radius 1 is 1.57 bits per heavy atom. The van der Waals surface area contributed by atoms with Crippen LogP contribution in [0.3, 0.4) is 0 Å². The minimum absolute atomic E-state index is 0.00701. The van der Waals surface area contributed by atoms with Gasteiger partial charge in [0.2, 0.25) is 0 Å². The molecule has 2 aromatic heterocycles. The van der Waals surface area contributed by atoms with Gasteiger partial charge < -0.3 is 4.74 Å². The van der Waals surface area contributed by atoms with E-state index >= 15 is 0 Å². The van der Waals surface area contributed by atoms with Crippen LogP contribution in [0.2, 0.25) is 5.15 Å². The van der Waals surface area contributed by atoms with Crippen LogP contribution >= 0.6 is 22.9 Å². The minimum Gasteiger partial charge on any atom is -0.383 e. The van der Waals surface area contributed by atoms with E-state index in [2.05, 4.69) is 4.98 Å². The van der Waals surface area contributed by atoms with Gasteiger partial charge >= 0.3 is 0 Å². The Morgan fingerprint density at radius 3 is 2.90 bits per heavy atom. The first-order chi connectivity index (χ1) is 9.93. The van der Waals surface area contributed by atoms with E-state index in [0.29, 0.717) is 18.0 Å². The van der Waals surface area contributed by atoms with Crippen LogP contribution in [0.4, 0.5) is 0 Å². The van der Waals surface area contributed by atoms with Crippen molar-refractivity contribution in [2.24, 2.45) is 0 Å². The fraction of sp³-hybridized carbons (Fsp3) is 0.583. The number of rotatable bonds is 7. The summed E-state index contributed by atoms with van der Waals surface area (Å²) in [6.45, 7) is 4.42. The van der Waals surface area contributed by atoms with Crippen LogP contribution in [0.5, 0.6) is 0 Å². The van der Waals surface area contributed by atoms with E-state index in [1.54, 1.807) is 18.7 Å². The molecule has 1 atom stereocenters. The van der Waals surface area contributed by atoms with Gasteiger partial charge in [-0.25, -0.2) is 13.4 Å². The SMILES string of the molecule is CCC(C)N(CCOC)S(=O)(=O)c1c(Cl)nc2sccn12. The third kappa shape index (κ3) is 3.09. The first-order valence-electron chi connectivity index (χ1n) is 6.55. The van der Waals surface area contributed by atoms with Gasteiger partial charge in [-0.15, -0.1) is 11.3 Å². The lowest BCUT2D eigenvalue weighted by molar-refractivity contribution is 0.167. The average molecular weight is 352 g/mol. The second kappa shape index (κ2) is 6.62. The van der Waals surface area contributed by atoms with Gasteiger partial charge in [0.25, 0.3) is 10.0 Å². The zero-order valence-electron chi connectivity index (χ0n) is 12.1. The van der Waals surface area contributed by atoms with Gasteiger partial charge in [-0.1, -0.05) is 18.5 Å². The molecular weight excluding hydrogens is 334 g/mol. The maximum Gasteiger partial charge on any atom is 0.262 e. The Hall–Kier alpha value is -0.670. The topological polar surface area (TPSA) is 63.9 Å². The number of hydrogen-bond acceptors (Lipinski definition) is 5. The molecule has 0 aliphatic heterocycles. The Kier molecular flexibility index (Phi) is 5.26. The number of aromatic nitrogens is 2. The predicted molar refractivity (Wildman–Crippen MR) is 83.6 cm³/mol. The van der Waals surface area contributed by atoms with Crippen molar-refractivity contribution in [1.29, 1.82) is 0 Å². The number of ether oxygens (including phenoxy) is 1. The Balaban J connectivity index is 2.51. The first kappa shape index (κ1) is 16.7. The van der Waals surface area contributed by atoms with Crippen LogP contribution in [0.1, 0.15) is 20.3 Å². The molecule has 0 fully saturated rings. The van der Waals surface area contributed by atoms with E-state index in [4.69, 9.17) is 16.3 Å². The van der Waals surface area contributed by atoms with Crippen molar-refractivity contribution in [2.45, 2.75) is 31.3 Å². The summed E-state index contributed by atoms with van der Waals surface area (Å²) in [6, 6.07) is -0.148. The molecule has 0 radical (unpaired) electrons. The number of sulfonamides is 1. The molecule has 2 rings (SSSR count). The molecule has 21 heavy (non-hydrogen) atoms. The van der Waals surface area contributed by atoms with Gasteiger partial charge in [-0.2, -0.15) is 4.31 Å². The number of methoxy groups -OCH3 is 1. The van der Waals surface area contributed by atoms with E-state index in [9.17, 15) is 8.42 Å². The lowest BCUT2D eigenvalue weighted by Gasteiger charge is -2.27. The van der Waals surface area contributed by atoms with Crippen molar-refractivity contribution in [3.05, 3.63) is 16.7 Å². The number of imidazole rings is 1. The third-order valence-electron chi connectivity index (χ3n) is 3.33. The summed E-state index contributed by atoms with van der Waals surface area (Å²) in [4.78, 5) is 4.66. The average Bonchev–Trinajstić information content (AvgIpc) is 2.97. The monoisotopic (exact) mass is 351 g/mol. The molecule has 9 heteroatoms. The number of nitrogens with zero attached hydrogens (tertiary/aromatic N) is 3. The first-order valence-corrected chi connectivity index (χ1v) is 9.25. The largest absolute Gasteiger partial charge is 0.383 e. The molecule has 0 aliphatic carbocycles. The lowest BCUT2D eigenvalue weighted by Crippen LogP contribution is -2.41. The summed E-state index contributed by atoms with van der Waals surface area (Å²) >= 11 is 7.40. The molecular formula is C12H18ClN3O3S2. The van der Waals surface area contributed by atoms with E-state index in [1.165, 1.54) is 20.0 Å². The number of hydrogen-bond donors (Lipinski definition) is 0. The van der Waals surface area contributed by atoms with Gasteiger partial charge in [0.1, 0.15) is 0 Å². The van der Waals surface area contributed by atoms with E-state index in [0.717, 1.165) is 0 Å². The van der Waals surface area contributed by atoms with Crippen molar-refractivity contribution in [3.63, 3.8) is 0 Å². The van der Waals surface area contributed by atoms with Crippen molar-refractivity contribution >= 4 is 37.9 Å². The molecule has 0 N–H and O–H groups in total. The van der Waals surface area contributed by atoms with Gasteiger partial charge in [0, 0.05) is 31.3 Å². The van der Waals surface area contributed by atoms with Gasteiger partial charge in [0.15, 0.2) is 15.1 Å². The molecule has 0 saturated heterocycles. The summed E-state index contributed by atoms with van der Waals surface area (Å²) in [5.74, 6) is 0. The molecule has 0 aromatic carbocycles. The molecule has 2 heterocycles. The predicted octanol–water partition coefficient (Wildman–Crippen LogP) is 2.48. The molecule has 1 unspecified atom stereocenters. The molecule has 118 valence electrons. The molecule has 2 aromatic rings. The highest BCUT2D eigenvalue weighted by Gasteiger charge is 2.33. The highest BCUT2D eigenvalue weighted by Crippen LogP contribution is 2.29. The zero-order chi connectivity index (χ0) is 15.6.